The Morgan fingerprint density at radius 1 is 1.18 bits per heavy atom. The number of fused-ring (bicyclic) bond motifs is 1. The van der Waals surface area contributed by atoms with E-state index in [1.54, 1.807) is 24.3 Å². The number of hydrogen-bond acceptors (Lipinski definition) is 4. The Balaban J connectivity index is 0.00000176. The zero-order chi connectivity index (χ0) is 14.7. The first-order chi connectivity index (χ1) is 10.3. The van der Waals surface area contributed by atoms with Gasteiger partial charge in [-0.1, -0.05) is 23.5 Å². The van der Waals surface area contributed by atoms with Gasteiger partial charge in [-0.2, -0.15) is 4.85 Å². The predicted octanol–water partition coefficient (Wildman–Crippen LogP) is 2.14. The van der Waals surface area contributed by atoms with Crippen molar-refractivity contribution in [3.8, 4) is 0 Å². The van der Waals surface area contributed by atoms with Crippen LogP contribution in [0.4, 0.5) is 0 Å². The molecule has 0 amide bonds. The average molecular weight is 325 g/mol. The minimum atomic E-state index is 0. The molecule has 1 saturated heterocycles. The number of hydrogen-bond donors (Lipinski definition) is 0. The number of rotatable bonds is 4. The lowest BCUT2D eigenvalue weighted by Crippen LogP contribution is -2.32. The largest absolute Gasteiger partial charge is 0.772 e. The van der Waals surface area contributed by atoms with E-state index in [9.17, 15) is 10.1 Å². The Labute approximate surface area is 135 Å². The van der Waals surface area contributed by atoms with E-state index in [1.165, 1.54) is 19.3 Å². The lowest BCUT2D eigenvalue weighted by Gasteiger charge is -2.25. The maximum Gasteiger partial charge on any atom is 0.367 e. The van der Waals surface area contributed by atoms with E-state index in [4.69, 9.17) is 0 Å². The van der Waals surface area contributed by atoms with E-state index >= 15 is 0 Å². The van der Waals surface area contributed by atoms with Crippen molar-refractivity contribution < 1.29 is 4.43 Å². The number of halogens is 1. The number of piperidine rings is 1. The molecule has 6 nitrogen and oxygen atoms in total. The summed E-state index contributed by atoms with van der Waals surface area (Å²) in [7, 11) is 0. The van der Waals surface area contributed by atoms with Gasteiger partial charge in [-0.3, -0.25) is 0 Å². The van der Waals surface area contributed by atoms with Gasteiger partial charge in [0.25, 0.3) is 0 Å². The number of nitrogens with zero attached hydrogens (tertiary/aromatic N) is 4. The molecule has 1 aliphatic rings. The zero-order valence-electron chi connectivity index (χ0n) is 12.5. The Kier molecular flexibility index (Phi) is 5.74. The smallest absolute Gasteiger partial charge is 0.367 e. The maximum atomic E-state index is 12.3. The second kappa shape index (κ2) is 7.56. The van der Waals surface area contributed by atoms with Crippen LogP contribution in [0.15, 0.2) is 24.3 Å². The van der Waals surface area contributed by atoms with E-state index in [2.05, 4.69) is 10.00 Å². The van der Waals surface area contributed by atoms with Gasteiger partial charge >= 0.3 is 5.82 Å². The Morgan fingerprint density at radius 3 is 2.68 bits per heavy atom. The van der Waals surface area contributed by atoms with Crippen LogP contribution >= 0.6 is 12.4 Å². The van der Waals surface area contributed by atoms with Gasteiger partial charge in [0, 0.05) is 4.43 Å². The number of aromatic nitrogens is 3. The van der Waals surface area contributed by atoms with Crippen molar-refractivity contribution in [1.29, 1.82) is 0 Å². The van der Waals surface area contributed by atoms with Crippen molar-refractivity contribution in [1.82, 2.24) is 14.8 Å². The summed E-state index contributed by atoms with van der Waals surface area (Å²) in [5.41, 5.74) is 0.697. The molecule has 2 aromatic rings. The molecule has 0 radical (unpaired) electrons. The first kappa shape index (κ1) is 16.7. The first-order valence-electron chi connectivity index (χ1n) is 7.59. The number of benzene rings is 1. The fourth-order valence-electron chi connectivity index (χ4n) is 2.93. The predicted molar refractivity (Wildman–Crippen MR) is 87.7 cm³/mol. The summed E-state index contributed by atoms with van der Waals surface area (Å²) < 4.78 is 0.792. The molecule has 1 fully saturated rings. The van der Waals surface area contributed by atoms with Gasteiger partial charge in [0.2, 0.25) is 5.52 Å². The van der Waals surface area contributed by atoms with E-state index in [0.717, 1.165) is 30.5 Å². The Hall–Kier alpha value is -1.66. The van der Waals surface area contributed by atoms with Crippen molar-refractivity contribution in [2.45, 2.75) is 32.1 Å². The van der Waals surface area contributed by atoms with Crippen LogP contribution in [0.1, 0.15) is 31.5 Å². The average Bonchev–Trinajstić information content (AvgIpc) is 2.53. The van der Waals surface area contributed by atoms with Crippen LogP contribution in [0.5, 0.6) is 0 Å². The summed E-state index contributed by atoms with van der Waals surface area (Å²) in [6.45, 7) is 3.25. The highest BCUT2D eigenvalue weighted by Crippen LogP contribution is 2.10. The van der Waals surface area contributed by atoms with E-state index in [-0.39, 0.29) is 12.4 Å². The molecule has 0 saturated carbocycles. The van der Waals surface area contributed by atoms with Crippen molar-refractivity contribution >= 4 is 23.4 Å². The molecule has 1 aromatic heterocycles. The molecule has 0 atom stereocenters. The highest BCUT2D eigenvalue weighted by molar-refractivity contribution is 5.85. The molecule has 0 aliphatic carbocycles. The fraction of sp³-hybridized carbons (Fsp3) is 0.533. The topological polar surface area (TPSA) is 67.1 Å². The van der Waals surface area contributed by atoms with Crippen molar-refractivity contribution in [2.75, 3.05) is 19.6 Å². The Morgan fingerprint density at radius 2 is 1.91 bits per heavy atom. The minimum absolute atomic E-state index is 0. The van der Waals surface area contributed by atoms with Gasteiger partial charge in [-0.25, -0.2) is 0 Å². The highest BCUT2D eigenvalue weighted by atomic mass is 35.5. The van der Waals surface area contributed by atoms with Crippen molar-refractivity contribution in [2.24, 2.45) is 0 Å². The molecule has 1 aliphatic heterocycles. The summed E-state index contributed by atoms with van der Waals surface area (Å²) in [5, 5.41) is 15.7. The number of para-hydroxylation sites is 2. The normalized spacial score (nSPS) is 15.6. The third-order valence-electron chi connectivity index (χ3n) is 4.07. The highest BCUT2D eigenvalue weighted by Gasteiger charge is 2.17. The van der Waals surface area contributed by atoms with Crippen LogP contribution in [0.25, 0.3) is 11.0 Å². The van der Waals surface area contributed by atoms with Crippen LogP contribution in [0.2, 0.25) is 0 Å². The summed E-state index contributed by atoms with van der Waals surface area (Å²) in [6, 6.07) is 6.76. The molecule has 3 rings (SSSR count). The second-order valence-corrected chi connectivity index (χ2v) is 5.58. The molecule has 120 valence electrons. The van der Waals surface area contributed by atoms with Crippen molar-refractivity contribution in [3.05, 3.63) is 40.2 Å². The molecule has 2 heterocycles. The summed E-state index contributed by atoms with van der Waals surface area (Å²) >= 11 is 0. The van der Waals surface area contributed by atoms with Crippen molar-refractivity contribution in [3.63, 3.8) is 0 Å². The fourth-order valence-corrected chi connectivity index (χ4v) is 2.93. The molecule has 22 heavy (non-hydrogen) atoms. The van der Waals surface area contributed by atoms with Gasteiger partial charge in [-0.15, -0.1) is 12.4 Å². The van der Waals surface area contributed by atoms with Gasteiger partial charge in [0.15, 0.2) is 0 Å². The van der Waals surface area contributed by atoms with Crippen LogP contribution in [0, 0.1) is 10.1 Å². The van der Waals surface area contributed by atoms with E-state index < -0.39 is 0 Å². The standard InChI is InChI=1S/C15H20N4O2.ClH/c20-18-13-7-2-3-8-14(13)19(21)16-15(18)9-6-12-17-10-4-1-5-11-17;/h2-3,7-8H,1,4-6,9-12H2;1H. The zero-order valence-corrected chi connectivity index (χ0v) is 13.3. The monoisotopic (exact) mass is 324 g/mol. The summed E-state index contributed by atoms with van der Waals surface area (Å²) in [4.78, 5) is 15.2. The minimum Gasteiger partial charge on any atom is -0.772 e. The third-order valence-corrected chi connectivity index (χ3v) is 4.07. The molecular weight excluding hydrogens is 304 g/mol. The molecule has 0 N–H and O–H groups in total. The first-order valence-corrected chi connectivity index (χ1v) is 7.59. The van der Waals surface area contributed by atoms with Gasteiger partial charge < -0.3 is 10.1 Å². The maximum absolute atomic E-state index is 12.3. The summed E-state index contributed by atoms with van der Waals surface area (Å²) in [6.07, 6.45) is 5.23. The van der Waals surface area contributed by atoms with E-state index in [0.29, 0.717) is 28.1 Å². The third kappa shape index (κ3) is 3.56. The van der Waals surface area contributed by atoms with E-state index in [1.807, 2.05) is 0 Å². The van der Waals surface area contributed by atoms with Gasteiger partial charge in [-0.05, 0) is 51.0 Å². The number of aryl methyl sites for hydroxylation is 1. The molecular formula is C15H21ClN4O2. The van der Waals surface area contributed by atoms with Gasteiger partial charge in [0.1, 0.15) is 5.52 Å². The van der Waals surface area contributed by atoms with Crippen LogP contribution in [-0.4, -0.2) is 34.5 Å². The van der Waals surface area contributed by atoms with Crippen LogP contribution in [-0.2, 0) is 6.42 Å². The molecule has 0 spiro atoms. The molecule has 1 aromatic carbocycles. The molecule has 7 heteroatoms. The number of likely N-dealkylation sites (tertiary alicyclic amines) is 1. The molecule has 0 bridgehead atoms. The lowest BCUT2D eigenvalue weighted by molar-refractivity contribution is -0.480. The molecule has 0 unspecified atom stereocenters. The SMILES string of the molecule is Cl.O=[n+]1c(CCCN2CCCCC2)nn([O-])c2ccccc21. The van der Waals surface area contributed by atoms with Gasteiger partial charge in [0.05, 0.1) is 11.5 Å². The Bertz CT molecular complexity index is 683. The lowest BCUT2D eigenvalue weighted by atomic mass is 10.1. The van der Waals surface area contributed by atoms with Crippen LogP contribution in [0.3, 0.4) is 0 Å². The summed E-state index contributed by atoms with van der Waals surface area (Å²) in [5.74, 6) is 0.306. The quantitative estimate of drug-likeness (QED) is 0.808. The second-order valence-electron chi connectivity index (χ2n) is 5.58. The van der Waals surface area contributed by atoms with Crippen LogP contribution < -0.4 is 4.43 Å².